The second-order valence-corrected chi connectivity index (χ2v) is 6.64. The zero-order chi connectivity index (χ0) is 18.9. The number of ketones is 1. The van der Waals surface area contributed by atoms with Crippen molar-refractivity contribution in [3.05, 3.63) is 58.1 Å². The van der Waals surface area contributed by atoms with Crippen LogP contribution in [-0.4, -0.2) is 32.5 Å². The molecular formula is C20H22BrNO4. The number of benzene rings is 2. The van der Waals surface area contributed by atoms with Crippen molar-refractivity contribution in [2.24, 2.45) is 0 Å². The Hall–Kier alpha value is -2.34. The monoisotopic (exact) mass is 419 g/mol. The SMILES string of the molecule is COc1ccc(CCNC(=O)CCC(=O)c2ccc(Br)cc2)cc1OC. The summed E-state index contributed by atoms with van der Waals surface area (Å²) in [5.74, 6) is 1.17. The number of amides is 1. The molecule has 0 unspecified atom stereocenters. The van der Waals surface area contributed by atoms with Crippen LogP contribution in [0.15, 0.2) is 46.9 Å². The quantitative estimate of drug-likeness (QED) is 0.627. The van der Waals surface area contributed by atoms with Crippen molar-refractivity contribution in [2.45, 2.75) is 19.3 Å². The Labute approximate surface area is 161 Å². The maximum atomic E-state index is 12.1. The van der Waals surface area contributed by atoms with Gasteiger partial charge in [-0.3, -0.25) is 9.59 Å². The predicted molar refractivity (Wildman–Crippen MR) is 104 cm³/mol. The zero-order valence-corrected chi connectivity index (χ0v) is 16.5. The van der Waals surface area contributed by atoms with E-state index in [1.54, 1.807) is 26.4 Å². The van der Waals surface area contributed by atoms with Gasteiger partial charge in [0.05, 0.1) is 14.2 Å². The number of hydrogen-bond acceptors (Lipinski definition) is 4. The number of rotatable bonds is 9. The molecule has 0 saturated carbocycles. The molecule has 0 bridgehead atoms. The van der Waals surface area contributed by atoms with E-state index in [1.807, 2.05) is 30.3 Å². The van der Waals surface area contributed by atoms with E-state index in [2.05, 4.69) is 21.2 Å². The van der Waals surface area contributed by atoms with Crippen molar-refractivity contribution in [3.8, 4) is 11.5 Å². The summed E-state index contributed by atoms with van der Waals surface area (Å²) >= 11 is 3.33. The molecule has 0 aromatic heterocycles. The fraction of sp³-hybridized carbons (Fsp3) is 0.300. The van der Waals surface area contributed by atoms with Crippen LogP contribution in [0.25, 0.3) is 0 Å². The number of methoxy groups -OCH3 is 2. The highest BCUT2D eigenvalue weighted by Gasteiger charge is 2.09. The number of hydrogen-bond donors (Lipinski definition) is 1. The Balaban J connectivity index is 1.75. The van der Waals surface area contributed by atoms with Crippen LogP contribution in [0.3, 0.4) is 0 Å². The number of Topliss-reactive ketones (excluding diaryl/α,β-unsaturated/α-hetero) is 1. The van der Waals surface area contributed by atoms with Gasteiger partial charge in [-0.2, -0.15) is 0 Å². The fourth-order valence-electron chi connectivity index (χ4n) is 2.48. The van der Waals surface area contributed by atoms with Crippen LogP contribution < -0.4 is 14.8 Å². The van der Waals surface area contributed by atoms with E-state index < -0.39 is 0 Å². The minimum absolute atomic E-state index is 0.0347. The highest BCUT2D eigenvalue weighted by atomic mass is 79.9. The van der Waals surface area contributed by atoms with E-state index in [-0.39, 0.29) is 24.5 Å². The summed E-state index contributed by atoms with van der Waals surface area (Å²) < 4.78 is 11.4. The van der Waals surface area contributed by atoms with Crippen LogP contribution in [0.1, 0.15) is 28.8 Å². The van der Waals surface area contributed by atoms with Gasteiger partial charge >= 0.3 is 0 Å². The first-order valence-corrected chi connectivity index (χ1v) is 9.09. The molecule has 0 heterocycles. The highest BCUT2D eigenvalue weighted by molar-refractivity contribution is 9.10. The smallest absolute Gasteiger partial charge is 0.220 e. The molecule has 138 valence electrons. The van der Waals surface area contributed by atoms with Crippen molar-refractivity contribution in [2.75, 3.05) is 20.8 Å². The molecule has 0 saturated heterocycles. The van der Waals surface area contributed by atoms with E-state index in [0.29, 0.717) is 30.0 Å². The Morgan fingerprint density at radius 3 is 2.31 bits per heavy atom. The molecule has 0 fully saturated rings. The van der Waals surface area contributed by atoms with Crippen molar-refractivity contribution < 1.29 is 19.1 Å². The van der Waals surface area contributed by atoms with Gasteiger partial charge in [0.15, 0.2) is 17.3 Å². The van der Waals surface area contributed by atoms with Gasteiger partial charge in [0, 0.05) is 29.4 Å². The van der Waals surface area contributed by atoms with Crippen LogP contribution in [0.2, 0.25) is 0 Å². The first-order valence-electron chi connectivity index (χ1n) is 8.30. The summed E-state index contributed by atoms with van der Waals surface area (Å²) in [7, 11) is 3.18. The molecule has 1 N–H and O–H groups in total. The number of ether oxygens (including phenoxy) is 2. The Morgan fingerprint density at radius 1 is 0.962 bits per heavy atom. The largest absolute Gasteiger partial charge is 0.493 e. The Kier molecular flexibility index (Phi) is 7.66. The third kappa shape index (κ3) is 5.88. The minimum atomic E-state index is -0.129. The van der Waals surface area contributed by atoms with Gasteiger partial charge in [-0.1, -0.05) is 34.1 Å². The van der Waals surface area contributed by atoms with Gasteiger partial charge in [0.2, 0.25) is 5.91 Å². The normalized spacial score (nSPS) is 10.3. The molecular weight excluding hydrogens is 398 g/mol. The van der Waals surface area contributed by atoms with Gasteiger partial charge < -0.3 is 14.8 Å². The van der Waals surface area contributed by atoms with E-state index in [4.69, 9.17) is 9.47 Å². The lowest BCUT2D eigenvalue weighted by Gasteiger charge is -2.10. The van der Waals surface area contributed by atoms with Crippen molar-refractivity contribution in [1.82, 2.24) is 5.32 Å². The summed E-state index contributed by atoms with van der Waals surface area (Å²) in [5, 5.41) is 2.84. The lowest BCUT2D eigenvalue weighted by atomic mass is 10.1. The molecule has 0 aliphatic heterocycles. The van der Waals surface area contributed by atoms with E-state index in [1.165, 1.54) is 0 Å². The zero-order valence-electron chi connectivity index (χ0n) is 14.9. The maximum Gasteiger partial charge on any atom is 0.220 e. The predicted octanol–water partition coefficient (Wildman–Crippen LogP) is 3.79. The Bertz CT molecular complexity index is 759. The van der Waals surface area contributed by atoms with E-state index in [0.717, 1.165) is 10.0 Å². The molecule has 0 spiro atoms. The van der Waals surface area contributed by atoms with Gasteiger partial charge in [0.25, 0.3) is 0 Å². The average molecular weight is 420 g/mol. The summed E-state index contributed by atoms with van der Waals surface area (Å²) in [6.45, 7) is 0.501. The maximum absolute atomic E-state index is 12.1. The number of nitrogens with one attached hydrogen (secondary N) is 1. The molecule has 1 amide bonds. The number of carbonyl (C=O) groups excluding carboxylic acids is 2. The third-order valence-corrected chi connectivity index (χ3v) is 4.46. The third-order valence-electron chi connectivity index (χ3n) is 3.93. The summed E-state index contributed by atoms with van der Waals surface area (Å²) in [6.07, 6.45) is 1.05. The Morgan fingerprint density at radius 2 is 1.65 bits per heavy atom. The number of carbonyl (C=O) groups is 2. The van der Waals surface area contributed by atoms with Gasteiger partial charge in [-0.05, 0) is 36.2 Å². The standard InChI is InChI=1S/C20H22BrNO4/c1-25-18-9-3-14(13-19(18)26-2)11-12-22-20(24)10-8-17(23)15-4-6-16(21)7-5-15/h3-7,9,13H,8,10-12H2,1-2H3,(H,22,24). The first kappa shape index (κ1) is 20.0. The van der Waals surface area contributed by atoms with Crippen molar-refractivity contribution >= 4 is 27.6 Å². The molecule has 0 atom stereocenters. The van der Waals surface area contributed by atoms with Crippen molar-refractivity contribution in [3.63, 3.8) is 0 Å². The fourth-order valence-corrected chi connectivity index (χ4v) is 2.74. The molecule has 2 aromatic carbocycles. The molecule has 0 aliphatic carbocycles. The summed E-state index contributed by atoms with van der Waals surface area (Å²) in [5.41, 5.74) is 1.65. The average Bonchev–Trinajstić information content (AvgIpc) is 2.66. The molecule has 0 radical (unpaired) electrons. The van der Waals surface area contributed by atoms with E-state index in [9.17, 15) is 9.59 Å². The van der Waals surface area contributed by atoms with Gasteiger partial charge in [0.1, 0.15) is 0 Å². The molecule has 26 heavy (non-hydrogen) atoms. The highest BCUT2D eigenvalue weighted by Crippen LogP contribution is 2.27. The topological polar surface area (TPSA) is 64.6 Å². The summed E-state index contributed by atoms with van der Waals surface area (Å²) in [4.78, 5) is 24.0. The van der Waals surface area contributed by atoms with Crippen LogP contribution in [0, 0.1) is 0 Å². The van der Waals surface area contributed by atoms with Crippen LogP contribution >= 0.6 is 15.9 Å². The van der Waals surface area contributed by atoms with Crippen LogP contribution in [-0.2, 0) is 11.2 Å². The van der Waals surface area contributed by atoms with E-state index >= 15 is 0 Å². The minimum Gasteiger partial charge on any atom is -0.493 e. The second kappa shape index (κ2) is 9.97. The summed E-state index contributed by atoms with van der Waals surface area (Å²) in [6, 6.07) is 12.8. The lowest BCUT2D eigenvalue weighted by molar-refractivity contribution is -0.121. The van der Waals surface area contributed by atoms with Crippen molar-refractivity contribution in [1.29, 1.82) is 0 Å². The molecule has 6 heteroatoms. The lowest BCUT2D eigenvalue weighted by Crippen LogP contribution is -2.26. The van der Waals surface area contributed by atoms with Crippen LogP contribution in [0.5, 0.6) is 11.5 Å². The number of halogens is 1. The molecule has 2 rings (SSSR count). The van der Waals surface area contributed by atoms with Gasteiger partial charge in [-0.15, -0.1) is 0 Å². The first-order chi connectivity index (χ1) is 12.5. The second-order valence-electron chi connectivity index (χ2n) is 5.72. The van der Waals surface area contributed by atoms with Crippen LogP contribution in [0.4, 0.5) is 0 Å². The molecule has 5 nitrogen and oxygen atoms in total. The molecule has 0 aliphatic rings. The van der Waals surface area contributed by atoms with Gasteiger partial charge in [-0.25, -0.2) is 0 Å². The molecule has 2 aromatic rings.